The van der Waals surface area contributed by atoms with Crippen molar-refractivity contribution < 1.29 is 18.0 Å². The Balaban J connectivity index is 1.53. The number of benzene rings is 2. The number of anilines is 1. The molecule has 1 amide bonds. The molecule has 0 aliphatic heterocycles. The molecule has 0 unspecified atom stereocenters. The third kappa shape index (κ3) is 5.98. The van der Waals surface area contributed by atoms with E-state index in [0.29, 0.717) is 9.47 Å². The highest BCUT2D eigenvalue weighted by Gasteiger charge is 2.32. The molecule has 0 fully saturated rings. The summed E-state index contributed by atoms with van der Waals surface area (Å²) in [6, 6.07) is 15.0. The van der Waals surface area contributed by atoms with Crippen molar-refractivity contribution in [2.45, 2.75) is 21.2 Å². The first-order chi connectivity index (χ1) is 13.4. The van der Waals surface area contributed by atoms with Crippen molar-refractivity contribution in [3.05, 3.63) is 65.7 Å². The highest BCUT2D eigenvalue weighted by atomic mass is 32.2. The van der Waals surface area contributed by atoms with E-state index in [1.54, 1.807) is 6.07 Å². The van der Waals surface area contributed by atoms with Crippen molar-refractivity contribution in [2.75, 3.05) is 11.1 Å². The molecule has 0 spiro atoms. The van der Waals surface area contributed by atoms with Gasteiger partial charge in [-0.25, -0.2) is 0 Å². The zero-order valence-electron chi connectivity index (χ0n) is 14.3. The van der Waals surface area contributed by atoms with Gasteiger partial charge in [0.15, 0.2) is 4.34 Å². The fourth-order valence-electron chi connectivity index (χ4n) is 2.20. The summed E-state index contributed by atoms with van der Waals surface area (Å²) in [5.41, 5.74) is -0.474. The zero-order chi connectivity index (χ0) is 20.0. The Bertz CT molecular complexity index is 932. The van der Waals surface area contributed by atoms with E-state index in [-0.39, 0.29) is 23.0 Å². The van der Waals surface area contributed by atoms with Gasteiger partial charge in [-0.2, -0.15) is 13.2 Å². The highest BCUT2D eigenvalue weighted by Crippen LogP contribution is 2.35. The molecule has 0 saturated carbocycles. The molecule has 0 aliphatic carbocycles. The average Bonchev–Trinajstić information content (AvgIpc) is 3.12. The Labute approximate surface area is 172 Å². The fourth-order valence-corrected chi connectivity index (χ4v) is 4.69. The topological polar surface area (TPSA) is 54.9 Å². The summed E-state index contributed by atoms with van der Waals surface area (Å²) in [6.45, 7) is 0. The standard InChI is InChI=1S/C18H14F3N3OS3/c19-18(20,21)14-9-5-4-6-12(14)10-27-17-24-23-16(28-17)22-15(25)11-26-13-7-2-1-3-8-13/h1-9H,10-11H2,(H,22,23,25). The summed E-state index contributed by atoms with van der Waals surface area (Å²) in [6.07, 6.45) is -4.40. The number of nitrogens with zero attached hydrogens (tertiary/aromatic N) is 2. The Hall–Kier alpha value is -2.04. The molecule has 1 N–H and O–H groups in total. The van der Waals surface area contributed by atoms with Gasteiger partial charge in [0.2, 0.25) is 11.0 Å². The SMILES string of the molecule is O=C(CSc1ccccc1)Nc1nnc(SCc2ccccc2C(F)(F)F)s1. The Kier molecular flexibility index (Phi) is 6.97. The van der Waals surface area contributed by atoms with Crippen molar-refractivity contribution in [1.29, 1.82) is 0 Å². The highest BCUT2D eigenvalue weighted by molar-refractivity contribution is 8.00. The summed E-state index contributed by atoms with van der Waals surface area (Å²) in [5, 5.41) is 10.8. The molecule has 0 atom stereocenters. The lowest BCUT2D eigenvalue weighted by atomic mass is 10.1. The van der Waals surface area contributed by atoms with Crippen LogP contribution in [0.3, 0.4) is 0 Å². The Morgan fingerprint density at radius 1 is 1.00 bits per heavy atom. The van der Waals surface area contributed by atoms with Crippen molar-refractivity contribution in [2.24, 2.45) is 0 Å². The van der Waals surface area contributed by atoms with Crippen LogP contribution < -0.4 is 5.32 Å². The van der Waals surface area contributed by atoms with Gasteiger partial charge >= 0.3 is 6.18 Å². The minimum Gasteiger partial charge on any atom is -0.300 e. The molecule has 0 aliphatic rings. The number of hydrogen-bond donors (Lipinski definition) is 1. The molecule has 1 aromatic heterocycles. The minimum atomic E-state index is -4.40. The number of thioether (sulfide) groups is 2. The maximum absolute atomic E-state index is 13.0. The van der Waals surface area contributed by atoms with Crippen LogP contribution in [0.4, 0.5) is 18.3 Å². The molecule has 2 aromatic carbocycles. The van der Waals surface area contributed by atoms with Crippen LogP contribution in [-0.4, -0.2) is 21.9 Å². The van der Waals surface area contributed by atoms with Gasteiger partial charge in [-0.3, -0.25) is 10.1 Å². The maximum Gasteiger partial charge on any atom is 0.416 e. The monoisotopic (exact) mass is 441 g/mol. The zero-order valence-corrected chi connectivity index (χ0v) is 16.7. The third-order valence-corrected chi connectivity index (χ3v) is 6.47. The van der Waals surface area contributed by atoms with Crippen LogP contribution in [0, 0.1) is 0 Å². The normalized spacial score (nSPS) is 11.4. The number of aromatic nitrogens is 2. The van der Waals surface area contributed by atoms with E-state index >= 15 is 0 Å². The van der Waals surface area contributed by atoms with E-state index in [1.807, 2.05) is 30.3 Å². The number of rotatable bonds is 7. The molecule has 0 radical (unpaired) electrons. The van der Waals surface area contributed by atoms with Gasteiger partial charge in [-0.15, -0.1) is 22.0 Å². The Morgan fingerprint density at radius 3 is 2.46 bits per heavy atom. The second kappa shape index (κ2) is 9.44. The molecule has 1 heterocycles. The van der Waals surface area contributed by atoms with Gasteiger partial charge in [0.25, 0.3) is 0 Å². The summed E-state index contributed by atoms with van der Waals surface area (Å²) in [5.74, 6) is 0.122. The molecule has 3 aromatic rings. The summed E-state index contributed by atoms with van der Waals surface area (Å²) >= 11 is 3.68. The van der Waals surface area contributed by atoms with Gasteiger partial charge in [0, 0.05) is 10.6 Å². The molecule has 0 saturated heterocycles. The van der Waals surface area contributed by atoms with Crippen LogP contribution in [0.25, 0.3) is 0 Å². The predicted molar refractivity (Wildman–Crippen MR) is 107 cm³/mol. The third-order valence-electron chi connectivity index (χ3n) is 3.44. The Morgan fingerprint density at radius 2 is 1.71 bits per heavy atom. The number of amides is 1. The number of hydrogen-bond acceptors (Lipinski definition) is 6. The lowest BCUT2D eigenvalue weighted by Crippen LogP contribution is -2.13. The quantitative estimate of drug-likeness (QED) is 0.383. The molecule has 3 rings (SSSR count). The summed E-state index contributed by atoms with van der Waals surface area (Å²) < 4.78 is 39.6. The van der Waals surface area contributed by atoms with Crippen LogP contribution in [0.15, 0.2) is 63.8 Å². The van der Waals surface area contributed by atoms with Crippen molar-refractivity contribution in [1.82, 2.24) is 10.2 Å². The number of carbonyl (C=O) groups is 1. The van der Waals surface area contributed by atoms with E-state index in [2.05, 4.69) is 15.5 Å². The van der Waals surface area contributed by atoms with Crippen molar-refractivity contribution in [3.8, 4) is 0 Å². The first-order valence-corrected chi connectivity index (χ1v) is 10.8. The van der Waals surface area contributed by atoms with Crippen molar-refractivity contribution >= 4 is 45.9 Å². The molecule has 146 valence electrons. The summed E-state index contributed by atoms with van der Waals surface area (Å²) in [4.78, 5) is 13.0. The number of nitrogens with one attached hydrogen (secondary N) is 1. The molecule has 10 heteroatoms. The number of carbonyl (C=O) groups excluding carboxylic acids is 1. The summed E-state index contributed by atoms with van der Waals surface area (Å²) in [7, 11) is 0. The molecule has 4 nitrogen and oxygen atoms in total. The van der Waals surface area contributed by atoms with E-state index in [1.165, 1.54) is 23.9 Å². The van der Waals surface area contributed by atoms with E-state index in [9.17, 15) is 18.0 Å². The lowest BCUT2D eigenvalue weighted by molar-refractivity contribution is -0.138. The largest absolute Gasteiger partial charge is 0.416 e. The molecular weight excluding hydrogens is 427 g/mol. The van der Waals surface area contributed by atoms with E-state index in [4.69, 9.17) is 0 Å². The van der Waals surface area contributed by atoms with E-state index < -0.39 is 11.7 Å². The predicted octanol–water partition coefficient (Wildman–Crippen LogP) is 5.58. The molecular formula is C18H14F3N3OS3. The van der Waals surface area contributed by atoms with Gasteiger partial charge in [0.05, 0.1) is 11.3 Å². The smallest absolute Gasteiger partial charge is 0.300 e. The van der Waals surface area contributed by atoms with E-state index in [0.717, 1.165) is 34.1 Å². The number of halogens is 3. The molecule has 0 bridgehead atoms. The second-order valence-corrected chi connectivity index (χ2v) is 8.72. The van der Waals surface area contributed by atoms with Crippen LogP contribution >= 0.6 is 34.9 Å². The minimum absolute atomic E-state index is 0.113. The van der Waals surface area contributed by atoms with Crippen LogP contribution in [-0.2, 0) is 16.7 Å². The maximum atomic E-state index is 13.0. The van der Waals surface area contributed by atoms with Crippen LogP contribution in [0.5, 0.6) is 0 Å². The van der Waals surface area contributed by atoms with Gasteiger partial charge < -0.3 is 0 Å². The second-order valence-electron chi connectivity index (χ2n) is 5.47. The average molecular weight is 442 g/mol. The van der Waals surface area contributed by atoms with Gasteiger partial charge in [-0.05, 0) is 23.8 Å². The number of alkyl halides is 3. The molecule has 28 heavy (non-hydrogen) atoms. The van der Waals surface area contributed by atoms with Crippen LogP contribution in [0.1, 0.15) is 11.1 Å². The van der Waals surface area contributed by atoms with Crippen molar-refractivity contribution in [3.63, 3.8) is 0 Å². The first kappa shape index (κ1) is 20.7. The fraction of sp³-hybridized carbons (Fsp3) is 0.167. The van der Waals surface area contributed by atoms with Gasteiger partial charge in [-0.1, -0.05) is 59.5 Å². The van der Waals surface area contributed by atoms with Gasteiger partial charge in [0.1, 0.15) is 0 Å². The van der Waals surface area contributed by atoms with Crippen LogP contribution in [0.2, 0.25) is 0 Å². The lowest BCUT2D eigenvalue weighted by Gasteiger charge is -2.11. The first-order valence-electron chi connectivity index (χ1n) is 8.01.